The SMILES string of the molecule is CN/C(=C\C(=N)C(F)(F)F)NC(=O)c1ccc2cc(-c3cscn3)cnc2c1. The van der Waals surface area contributed by atoms with Crippen LogP contribution in [0.3, 0.4) is 0 Å². The number of nitrogens with zero attached hydrogens (tertiary/aromatic N) is 2. The van der Waals surface area contributed by atoms with Crippen molar-refractivity contribution in [2.75, 3.05) is 7.05 Å². The summed E-state index contributed by atoms with van der Waals surface area (Å²) in [7, 11) is 1.34. The number of hydrogen-bond donors (Lipinski definition) is 3. The van der Waals surface area contributed by atoms with Crippen molar-refractivity contribution in [1.29, 1.82) is 5.41 Å². The van der Waals surface area contributed by atoms with E-state index in [9.17, 15) is 18.0 Å². The summed E-state index contributed by atoms with van der Waals surface area (Å²) in [6, 6.07) is 6.68. The lowest BCUT2D eigenvalue weighted by Crippen LogP contribution is -2.32. The molecule has 2 heterocycles. The Hall–Kier alpha value is -3.27. The third-order valence-electron chi connectivity index (χ3n) is 3.79. The summed E-state index contributed by atoms with van der Waals surface area (Å²) in [5.41, 5.74) is 2.57. The van der Waals surface area contributed by atoms with E-state index in [0.29, 0.717) is 11.6 Å². The highest BCUT2D eigenvalue weighted by atomic mass is 32.1. The number of aromatic nitrogens is 2. The fourth-order valence-electron chi connectivity index (χ4n) is 2.35. The van der Waals surface area contributed by atoms with Crippen LogP contribution < -0.4 is 10.6 Å². The normalized spacial score (nSPS) is 12.1. The third kappa shape index (κ3) is 4.34. The summed E-state index contributed by atoms with van der Waals surface area (Å²) in [5.74, 6) is -0.859. The Morgan fingerprint density at radius 2 is 2.04 bits per heavy atom. The minimum Gasteiger partial charge on any atom is -0.375 e. The number of thiazole rings is 1. The average molecular weight is 405 g/mol. The number of rotatable bonds is 5. The molecular formula is C18H14F3N5OS. The Bertz CT molecular complexity index is 1060. The minimum atomic E-state index is -4.80. The van der Waals surface area contributed by atoms with E-state index in [1.54, 1.807) is 23.8 Å². The number of carbonyl (C=O) groups excluding carboxylic acids is 1. The van der Waals surface area contributed by atoms with Crippen LogP contribution in [0.5, 0.6) is 0 Å². The van der Waals surface area contributed by atoms with Crippen LogP contribution in [-0.2, 0) is 0 Å². The molecule has 0 aliphatic rings. The molecule has 0 radical (unpaired) electrons. The van der Waals surface area contributed by atoms with Crippen LogP contribution in [0.15, 0.2) is 53.2 Å². The van der Waals surface area contributed by atoms with Crippen LogP contribution in [0, 0.1) is 5.41 Å². The number of carbonyl (C=O) groups is 1. The van der Waals surface area contributed by atoms with Gasteiger partial charge in [-0.25, -0.2) is 4.98 Å². The fraction of sp³-hybridized carbons (Fsp3) is 0.111. The van der Waals surface area contributed by atoms with Crippen LogP contribution >= 0.6 is 11.3 Å². The van der Waals surface area contributed by atoms with Gasteiger partial charge in [0.2, 0.25) is 0 Å². The first-order chi connectivity index (χ1) is 13.3. The molecule has 2 aromatic heterocycles. The maximum Gasteiger partial charge on any atom is 0.432 e. The predicted molar refractivity (Wildman–Crippen MR) is 101 cm³/mol. The van der Waals surface area contributed by atoms with Crippen molar-refractivity contribution >= 4 is 33.9 Å². The van der Waals surface area contributed by atoms with Gasteiger partial charge < -0.3 is 10.6 Å². The molecule has 144 valence electrons. The molecule has 0 fully saturated rings. The van der Waals surface area contributed by atoms with Crippen molar-refractivity contribution in [3.63, 3.8) is 0 Å². The number of amides is 1. The van der Waals surface area contributed by atoms with Gasteiger partial charge in [0.05, 0.1) is 16.7 Å². The summed E-state index contributed by atoms with van der Waals surface area (Å²) < 4.78 is 37.5. The fourth-order valence-corrected chi connectivity index (χ4v) is 2.91. The molecule has 3 rings (SSSR count). The zero-order chi connectivity index (χ0) is 20.3. The molecule has 0 aliphatic carbocycles. The molecule has 0 spiro atoms. The number of nitrogens with one attached hydrogen (secondary N) is 3. The zero-order valence-corrected chi connectivity index (χ0v) is 15.3. The van der Waals surface area contributed by atoms with Crippen molar-refractivity contribution < 1.29 is 18.0 Å². The van der Waals surface area contributed by atoms with Gasteiger partial charge >= 0.3 is 6.18 Å². The zero-order valence-electron chi connectivity index (χ0n) is 14.5. The largest absolute Gasteiger partial charge is 0.432 e. The Morgan fingerprint density at radius 3 is 2.68 bits per heavy atom. The minimum absolute atomic E-state index is 0.223. The molecule has 1 amide bonds. The Labute approximate surface area is 161 Å². The second-order valence-corrected chi connectivity index (χ2v) is 6.40. The quantitative estimate of drug-likeness (QED) is 0.564. The van der Waals surface area contributed by atoms with E-state index >= 15 is 0 Å². The molecule has 0 aliphatic heterocycles. The number of pyridine rings is 1. The number of alkyl halides is 3. The summed E-state index contributed by atoms with van der Waals surface area (Å²) in [6.07, 6.45) is -2.64. The number of benzene rings is 1. The molecule has 1 aromatic carbocycles. The standard InChI is InChI=1S/C18H14F3N5OS/c1-23-16(6-15(22)18(19,20)21)26-17(27)11-3-2-10-4-12(7-24-13(10)5-11)14-8-28-9-25-14/h2-9,22-23H,1H3,(H,26,27)/b16-6+,22-15?. The lowest BCUT2D eigenvalue weighted by atomic mass is 10.1. The van der Waals surface area contributed by atoms with Crippen LogP contribution in [0.2, 0.25) is 0 Å². The topological polar surface area (TPSA) is 90.8 Å². The first-order valence-electron chi connectivity index (χ1n) is 7.93. The molecule has 0 saturated carbocycles. The second-order valence-electron chi connectivity index (χ2n) is 5.68. The number of halogens is 3. The van der Waals surface area contributed by atoms with Gasteiger partial charge in [0.15, 0.2) is 0 Å². The summed E-state index contributed by atoms with van der Waals surface area (Å²) in [6.45, 7) is 0. The van der Waals surface area contributed by atoms with Crippen molar-refractivity contribution in [2.45, 2.75) is 6.18 Å². The van der Waals surface area contributed by atoms with E-state index in [1.165, 1.54) is 24.5 Å². The molecule has 3 N–H and O–H groups in total. The molecule has 6 nitrogen and oxygen atoms in total. The molecule has 10 heteroatoms. The van der Waals surface area contributed by atoms with Crippen molar-refractivity contribution in [1.82, 2.24) is 20.6 Å². The summed E-state index contributed by atoms with van der Waals surface area (Å²) >= 11 is 1.47. The van der Waals surface area contributed by atoms with E-state index in [0.717, 1.165) is 16.6 Å². The van der Waals surface area contributed by atoms with Gasteiger partial charge in [-0.05, 0) is 18.2 Å². The first-order valence-corrected chi connectivity index (χ1v) is 8.87. The molecule has 3 aromatic rings. The molecule has 0 atom stereocenters. The Balaban J connectivity index is 1.82. The van der Waals surface area contributed by atoms with E-state index in [4.69, 9.17) is 5.41 Å². The second kappa shape index (κ2) is 7.77. The Kier molecular flexibility index (Phi) is 5.41. The molecule has 0 bridgehead atoms. The molecular weight excluding hydrogens is 391 g/mol. The van der Waals surface area contributed by atoms with Gasteiger partial charge in [-0.1, -0.05) is 6.07 Å². The van der Waals surface area contributed by atoms with E-state index < -0.39 is 17.8 Å². The van der Waals surface area contributed by atoms with Gasteiger partial charge in [0, 0.05) is 41.2 Å². The lowest BCUT2D eigenvalue weighted by molar-refractivity contribution is -0.0584. The molecule has 28 heavy (non-hydrogen) atoms. The maximum absolute atomic E-state index is 12.5. The van der Waals surface area contributed by atoms with Gasteiger partial charge in [-0.15, -0.1) is 11.3 Å². The van der Waals surface area contributed by atoms with Crippen LogP contribution in [0.1, 0.15) is 10.4 Å². The number of allylic oxidation sites excluding steroid dienone is 1. The lowest BCUT2D eigenvalue weighted by Gasteiger charge is -2.11. The predicted octanol–water partition coefficient (Wildman–Crippen LogP) is 3.73. The van der Waals surface area contributed by atoms with E-state index in [2.05, 4.69) is 20.6 Å². The molecule has 0 unspecified atom stereocenters. The number of hydrogen-bond acceptors (Lipinski definition) is 6. The van der Waals surface area contributed by atoms with Crippen molar-refractivity contribution in [3.05, 3.63) is 58.8 Å². The Morgan fingerprint density at radius 1 is 1.25 bits per heavy atom. The van der Waals surface area contributed by atoms with E-state index in [-0.39, 0.29) is 11.4 Å². The summed E-state index contributed by atoms with van der Waals surface area (Å²) in [4.78, 5) is 20.9. The van der Waals surface area contributed by atoms with Gasteiger partial charge in [-0.3, -0.25) is 15.2 Å². The van der Waals surface area contributed by atoms with Gasteiger partial charge in [0.25, 0.3) is 5.91 Å². The maximum atomic E-state index is 12.5. The van der Waals surface area contributed by atoms with Crippen LogP contribution in [-0.4, -0.2) is 34.8 Å². The average Bonchev–Trinajstić information content (AvgIpc) is 3.20. The third-order valence-corrected chi connectivity index (χ3v) is 4.37. The first kappa shape index (κ1) is 19.5. The highest BCUT2D eigenvalue weighted by molar-refractivity contribution is 7.07. The highest BCUT2D eigenvalue weighted by Crippen LogP contribution is 2.23. The van der Waals surface area contributed by atoms with Crippen LogP contribution in [0.25, 0.3) is 22.2 Å². The van der Waals surface area contributed by atoms with Crippen molar-refractivity contribution in [3.8, 4) is 11.3 Å². The number of fused-ring (bicyclic) bond motifs is 1. The monoisotopic (exact) mass is 405 g/mol. The highest BCUT2D eigenvalue weighted by Gasteiger charge is 2.33. The van der Waals surface area contributed by atoms with Crippen molar-refractivity contribution in [2.24, 2.45) is 0 Å². The van der Waals surface area contributed by atoms with E-state index in [1.807, 2.05) is 11.4 Å². The summed E-state index contributed by atoms with van der Waals surface area (Å²) in [5, 5.41) is 14.4. The van der Waals surface area contributed by atoms with Gasteiger partial charge in [0.1, 0.15) is 11.5 Å². The molecule has 0 saturated heterocycles. The van der Waals surface area contributed by atoms with Gasteiger partial charge in [-0.2, -0.15) is 13.2 Å². The smallest absolute Gasteiger partial charge is 0.375 e. The van der Waals surface area contributed by atoms with Crippen LogP contribution in [0.4, 0.5) is 13.2 Å².